The van der Waals surface area contributed by atoms with E-state index in [4.69, 9.17) is 5.39 Å². The van der Waals surface area contributed by atoms with E-state index in [9.17, 15) is 13.9 Å². The largest absolute Gasteiger partial charge is 0.867 e. The van der Waals surface area contributed by atoms with Gasteiger partial charge in [0.1, 0.15) is 17.1 Å². The molecule has 2 aromatic carbocycles. The Morgan fingerprint density at radius 3 is 2.65 bits per heavy atom. The highest BCUT2D eigenvalue weighted by Gasteiger charge is 2.11. The molecule has 0 amide bonds. The van der Waals surface area contributed by atoms with Gasteiger partial charge in [0.15, 0.2) is 4.98 Å². The number of diazo groups is 1. The standard InChI is InChI=1S/C10H6N2O4S/c11-12-8-5-4-6-7(10(8)13)2-1-3-9(6)16-17(14)15/h1-5H,(H-,13,14,15)/p-1. The van der Waals surface area contributed by atoms with Crippen molar-refractivity contribution in [3.05, 3.63) is 35.3 Å². The van der Waals surface area contributed by atoms with Crippen LogP contribution in [0.15, 0.2) is 30.3 Å². The van der Waals surface area contributed by atoms with E-state index in [1.54, 1.807) is 0 Å². The topological polar surface area (TPSA) is 101 Å². The first-order chi connectivity index (χ1) is 8.13. The van der Waals surface area contributed by atoms with Crippen LogP contribution < -0.4 is 9.29 Å². The van der Waals surface area contributed by atoms with Crippen molar-refractivity contribution in [2.24, 2.45) is 0 Å². The van der Waals surface area contributed by atoms with Crippen LogP contribution in [0.5, 0.6) is 11.5 Å². The summed E-state index contributed by atoms with van der Waals surface area (Å²) in [6.45, 7) is 0. The number of benzene rings is 2. The molecule has 7 heteroatoms. The third kappa shape index (κ3) is 2.04. The minimum atomic E-state index is -2.71. The Morgan fingerprint density at radius 1 is 1.24 bits per heavy atom. The summed E-state index contributed by atoms with van der Waals surface area (Å²) >= 11 is -2.71. The number of rotatable bonds is 2. The molecule has 1 unspecified atom stereocenters. The van der Waals surface area contributed by atoms with Crippen LogP contribution in [0.4, 0.5) is 5.69 Å². The highest BCUT2D eigenvalue weighted by Crippen LogP contribution is 2.36. The summed E-state index contributed by atoms with van der Waals surface area (Å²) in [4.78, 5) is 2.84. The van der Waals surface area contributed by atoms with Crippen LogP contribution in [0.3, 0.4) is 0 Å². The summed E-state index contributed by atoms with van der Waals surface area (Å²) in [7, 11) is 0. The van der Waals surface area contributed by atoms with E-state index in [0.29, 0.717) is 5.39 Å². The third-order valence-corrected chi connectivity index (χ3v) is 2.53. The zero-order chi connectivity index (χ0) is 12.4. The summed E-state index contributed by atoms with van der Waals surface area (Å²) in [5.41, 5.74) is -0.113. The Hall–Kier alpha value is -2.17. The maximum Gasteiger partial charge on any atom is 0.378 e. The maximum atomic E-state index is 11.7. The number of fused-ring (bicyclic) bond motifs is 1. The molecule has 1 atom stereocenters. The molecule has 0 aliphatic carbocycles. The molecule has 0 bridgehead atoms. The molecule has 0 aliphatic rings. The average Bonchev–Trinajstić information content (AvgIpc) is 2.30. The summed E-state index contributed by atoms with van der Waals surface area (Å²) in [6, 6.07) is 7.13. The van der Waals surface area contributed by atoms with Gasteiger partial charge in [0.2, 0.25) is 5.39 Å². The Bertz CT molecular complexity index is 651. The first-order valence-electron chi connectivity index (χ1n) is 4.49. The molecule has 86 valence electrons. The fraction of sp³-hybridized carbons (Fsp3) is 0. The summed E-state index contributed by atoms with van der Waals surface area (Å²) < 4.78 is 25.5. The van der Waals surface area contributed by atoms with Gasteiger partial charge in [-0.3, -0.25) is 0 Å². The first-order valence-corrected chi connectivity index (χ1v) is 5.49. The van der Waals surface area contributed by atoms with Gasteiger partial charge in [-0.25, -0.2) is 4.21 Å². The lowest BCUT2D eigenvalue weighted by molar-refractivity contribution is -0.264. The first kappa shape index (κ1) is 11.3. The van der Waals surface area contributed by atoms with Crippen molar-refractivity contribution < 1.29 is 18.1 Å². The van der Waals surface area contributed by atoms with Crippen LogP contribution in [-0.4, -0.2) is 8.76 Å². The molecular weight excluding hydrogens is 244 g/mol. The Kier molecular flexibility index (Phi) is 2.91. The second-order valence-corrected chi connectivity index (χ2v) is 3.73. The molecule has 0 aliphatic heterocycles. The normalized spacial score (nSPS) is 12.0. The van der Waals surface area contributed by atoms with Gasteiger partial charge in [0.25, 0.3) is 0 Å². The van der Waals surface area contributed by atoms with E-state index >= 15 is 0 Å². The summed E-state index contributed by atoms with van der Waals surface area (Å²) in [5.74, 6) is -0.440. The van der Waals surface area contributed by atoms with Gasteiger partial charge in [-0.1, -0.05) is 12.1 Å². The van der Waals surface area contributed by atoms with Crippen molar-refractivity contribution in [2.45, 2.75) is 0 Å². The molecular formula is C10H5N2O4S-. The van der Waals surface area contributed by atoms with Gasteiger partial charge >= 0.3 is 5.69 Å². The zero-order valence-corrected chi connectivity index (χ0v) is 9.14. The fourth-order valence-corrected chi connectivity index (χ4v) is 1.81. The molecule has 0 heterocycles. The number of hydrogen-bond acceptors (Lipinski definition) is 5. The molecule has 0 saturated heterocycles. The molecule has 0 fully saturated rings. The summed E-state index contributed by atoms with van der Waals surface area (Å²) in [5, 5.41) is 20.9. The Balaban J connectivity index is 2.71. The fourth-order valence-electron chi connectivity index (χ4n) is 1.51. The number of hydrogen-bond donors (Lipinski definition) is 0. The molecule has 17 heavy (non-hydrogen) atoms. The molecule has 6 nitrogen and oxygen atoms in total. The van der Waals surface area contributed by atoms with Crippen molar-refractivity contribution >= 4 is 27.8 Å². The maximum absolute atomic E-state index is 11.7. The highest BCUT2D eigenvalue weighted by molar-refractivity contribution is 7.74. The second kappa shape index (κ2) is 4.37. The highest BCUT2D eigenvalue weighted by atomic mass is 32.2. The molecule has 2 aromatic rings. The third-order valence-electron chi connectivity index (χ3n) is 2.22. The van der Waals surface area contributed by atoms with Crippen LogP contribution in [0.2, 0.25) is 0 Å². The zero-order valence-electron chi connectivity index (χ0n) is 8.32. The van der Waals surface area contributed by atoms with Crippen LogP contribution in [0.25, 0.3) is 15.7 Å². The van der Waals surface area contributed by atoms with Gasteiger partial charge < -0.3 is 13.8 Å². The minimum Gasteiger partial charge on any atom is -0.867 e. The van der Waals surface area contributed by atoms with Gasteiger partial charge in [-0.2, -0.15) is 0 Å². The molecule has 0 N–H and O–H groups in total. The van der Waals surface area contributed by atoms with Gasteiger partial charge in [-0.15, -0.1) is 0 Å². The molecule has 2 rings (SSSR count). The lowest BCUT2D eigenvalue weighted by atomic mass is 10.1. The van der Waals surface area contributed by atoms with Crippen molar-refractivity contribution in [3.8, 4) is 11.5 Å². The van der Waals surface area contributed by atoms with E-state index in [2.05, 4.69) is 9.16 Å². The van der Waals surface area contributed by atoms with Crippen molar-refractivity contribution in [1.29, 1.82) is 5.39 Å². The molecule has 0 aromatic heterocycles. The molecule has 0 saturated carbocycles. The average molecular weight is 249 g/mol. The van der Waals surface area contributed by atoms with Crippen LogP contribution in [0, 0.1) is 5.39 Å². The SMILES string of the molecule is N#[N+]c1ccc2c(OS(=O)[O-])cccc2c1[O-]. The number of nitrogens with zero attached hydrogens (tertiary/aromatic N) is 2. The van der Waals surface area contributed by atoms with Crippen LogP contribution in [0.1, 0.15) is 0 Å². The van der Waals surface area contributed by atoms with Gasteiger partial charge in [-0.05, 0) is 23.3 Å². The van der Waals surface area contributed by atoms with E-state index in [1.807, 2.05) is 0 Å². The second-order valence-electron chi connectivity index (χ2n) is 3.15. The molecule has 0 radical (unpaired) electrons. The Labute approximate surface area is 98.6 Å². The lowest BCUT2D eigenvalue weighted by Gasteiger charge is -2.12. The quantitative estimate of drug-likeness (QED) is 0.594. The van der Waals surface area contributed by atoms with Crippen molar-refractivity contribution in [2.75, 3.05) is 0 Å². The smallest absolute Gasteiger partial charge is 0.378 e. The monoisotopic (exact) mass is 249 g/mol. The molecule has 0 spiro atoms. The van der Waals surface area contributed by atoms with E-state index < -0.39 is 17.1 Å². The summed E-state index contributed by atoms with van der Waals surface area (Å²) in [6.07, 6.45) is 0. The minimum absolute atomic E-state index is 0.0532. The van der Waals surface area contributed by atoms with E-state index in [-0.39, 0.29) is 16.8 Å². The lowest BCUT2D eigenvalue weighted by Crippen LogP contribution is -1.99. The van der Waals surface area contributed by atoms with Crippen molar-refractivity contribution in [1.82, 2.24) is 0 Å². The van der Waals surface area contributed by atoms with Crippen LogP contribution in [-0.2, 0) is 11.4 Å². The van der Waals surface area contributed by atoms with Gasteiger partial charge in [0, 0.05) is 11.5 Å². The van der Waals surface area contributed by atoms with Crippen molar-refractivity contribution in [3.63, 3.8) is 0 Å². The van der Waals surface area contributed by atoms with Gasteiger partial charge in [0.05, 0.1) is 0 Å². The van der Waals surface area contributed by atoms with E-state index in [1.165, 1.54) is 30.3 Å². The van der Waals surface area contributed by atoms with E-state index in [0.717, 1.165) is 0 Å². The Morgan fingerprint density at radius 2 is 2.00 bits per heavy atom. The predicted molar refractivity (Wildman–Crippen MR) is 57.7 cm³/mol. The van der Waals surface area contributed by atoms with Crippen LogP contribution >= 0.6 is 0 Å². The predicted octanol–water partition coefficient (Wildman–Crippen LogP) is 1.57.